The van der Waals surface area contributed by atoms with Crippen molar-refractivity contribution in [1.82, 2.24) is 19.6 Å². The second-order valence-corrected chi connectivity index (χ2v) is 8.54. The summed E-state index contributed by atoms with van der Waals surface area (Å²) in [4.78, 5) is 10.1. The van der Waals surface area contributed by atoms with E-state index in [-0.39, 0.29) is 0 Å². The van der Waals surface area contributed by atoms with Gasteiger partial charge in [-0.05, 0) is 40.4 Å². The maximum atomic E-state index is 2.65. The van der Waals surface area contributed by atoms with Crippen LogP contribution in [0, 0.1) is 0 Å². The predicted molar refractivity (Wildman–Crippen MR) is 116 cm³/mol. The predicted octanol–water partition coefficient (Wildman–Crippen LogP) is 3.63. The lowest BCUT2D eigenvalue weighted by Crippen LogP contribution is -2.48. The van der Waals surface area contributed by atoms with Gasteiger partial charge < -0.3 is 14.7 Å². The zero-order valence-electron chi connectivity index (χ0n) is 18.7. The minimum absolute atomic E-state index is 0.801. The number of rotatable bonds is 9. The number of unbranched alkanes of at least 4 members (excludes halogenated alkanes) is 4. The maximum absolute atomic E-state index is 2.65. The summed E-state index contributed by atoms with van der Waals surface area (Å²) in [5.41, 5.74) is 0. The molecule has 2 aliphatic rings. The molecule has 2 fully saturated rings. The van der Waals surface area contributed by atoms with E-state index in [9.17, 15) is 0 Å². The molecule has 0 bridgehead atoms. The molecule has 26 heavy (non-hydrogen) atoms. The second-order valence-electron chi connectivity index (χ2n) is 8.54. The lowest BCUT2D eigenvalue weighted by atomic mass is 10.1. The van der Waals surface area contributed by atoms with Crippen molar-refractivity contribution >= 4 is 0 Å². The summed E-state index contributed by atoms with van der Waals surface area (Å²) in [6.45, 7) is 18.4. The quantitative estimate of drug-likeness (QED) is 0.576. The third-order valence-corrected chi connectivity index (χ3v) is 6.06. The highest BCUT2D eigenvalue weighted by atomic mass is 15.3. The van der Waals surface area contributed by atoms with E-state index in [1.165, 1.54) is 104 Å². The zero-order valence-corrected chi connectivity index (χ0v) is 18.7. The van der Waals surface area contributed by atoms with Crippen LogP contribution in [0.5, 0.6) is 0 Å². The largest absolute Gasteiger partial charge is 0.304 e. The fraction of sp³-hybridized carbons (Fsp3) is 1.00. The van der Waals surface area contributed by atoms with Gasteiger partial charge in [-0.2, -0.15) is 0 Å². The van der Waals surface area contributed by atoms with Crippen molar-refractivity contribution < 1.29 is 0 Å². The molecule has 4 heteroatoms. The molecule has 0 spiro atoms. The van der Waals surface area contributed by atoms with Crippen LogP contribution in [-0.4, -0.2) is 98.6 Å². The summed E-state index contributed by atoms with van der Waals surface area (Å²) in [7, 11) is 4.43. The van der Waals surface area contributed by atoms with Crippen molar-refractivity contribution in [1.29, 1.82) is 0 Å². The number of likely N-dealkylation sites (N-methyl/N-ethyl adjacent to an activating group) is 2. The Labute approximate surface area is 164 Å². The molecule has 1 unspecified atom stereocenters. The molecule has 0 aromatic carbocycles. The minimum Gasteiger partial charge on any atom is -0.304 e. The fourth-order valence-electron chi connectivity index (χ4n) is 3.79. The summed E-state index contributed by atoms with van der Waals surface area (Å²) >= 11 is 0. The SMILES string of the molecule is CCCCCC(C)N1CCN(C)CC1.CCCCCN1CCN(C)CC1. The monoisotopic (exact) mass is 368 g/mol. The Kier molecular flexibility index (Phi) is 13.6. The molecule has 0 radical (unpaired) electrons. The molecule has 2 aliphatic heterocycles. The molecular formula is C22H48N4. The van der Waals surface area contributed by atoms with E-state index in [1.54, 1.807) is 0 Å². The van der Waals surface area contributed by atoms with Crippen LogP contribution in [0.1, 0.15) is 65.7 Å². The van der Waals surface area contributed by atoms with Gasteiger partial charge in [0.25, 0.3) is 0 Å². The first-order valence-corrected chi connectivity index (χ1v) is 11.4. The summed E-state index contributed by atoms with van der Waals surface area (Å²) in [6, 6.07) is 0.801. The van der Waals surface area contributed by atoms with Crippen molar-refractivity contribution in [2.75, 3.05) is 73.0 Å². The fourth-order valence-corrected chi connectivity index (χ4v) is 3.79. The average Bonchev–Trinajstić information content (AvgIpc) is 2.65. The van der Waals surface area contributed by atoms with Crippen LogP contribution in [0.15, 0.2) is 0 Å². The van der Waals surface area contributed by atoms with E-state index >= 15 is 0 Å². The summed E-state index contributed by atoms with van der Waals surface area (Å²) in [5, 5.41) is 0. The topological polar surface area (TPSA) is 13.0 Å². The van der Waals surface area contributed by atoms with Crippen molar-refractivity contribution in [2.24, 2.45) is 0 Å². The highest BCUT2D eigenvalue weighted by Gasteiger charge is 2.18. The highest BCUT2D eigenvalue weighted by molar-refractivity contribution is 4.74. The molecule has 0 saturated carbocycles. The summed E-state index contributed by atoms with van der Waals surface area (Å²) < 4.78 is 0. The van der Waals surface area contributed by atoms with E-state index in [1.807, 2.05) is 0 Å². The first-order valence-electron chi connectivity index (χ1n) is 11.4. The standard InChI is InChI=1S/C12H26N2.C10H22N2/c1-4-5-6-7-12(2)14-10-8-13(3)9-11-14;1-3-4-5-6-12-9-7-11(2)8-10-12/h12H,4-11H2,1-3H3;3-10H2,1-2H3. The molecule has 0 aliphatic carbocycles. The van der Waals surface area contributed by atoms with Crippen LogP contribution in [0.3, 0.4) is 0 Å². The van der Waals surface area contributed by atoms with Gasteiger partial charge in [-0.1, -0.05) is 46.0 Å². The summed E-state index contributed by atoms with van der Waals surface area (Å²) in [5.74, 6) is 0. The van der Waals surface area contributed by atoms with E-state index in [0.717, 1.165) is 6.04 Å². The van der Waals surface area contributed by atoms with Crippen LogP contribution in [-0.2, 0) is 0 Å². The Morgan fingerprint density at radius 3 is 1.69 bits per heavy atom. The molecule has 1 atom stereocenters. The number of hydrogen-bond acceptors (Lipinski definition) is 4. The molecule has 0 aromatic heterocycles. The van der Waals surface area contributed by atoms with E-state index < -0.39 is 0 Å². The lowest BCUT2D eigenvalue weighted by molar-refractivity contribution is 0.113. The Morgan fingerprint density at radius 2 is 1.15 bits per heavy atom. The Hall–Kier alpha value is -0.160. The van der Waals surface area contributed by atoms with Crippen LogP contribution in [0.25, 0.3) is 0 Å². The van der Waals surface area contributed by atoms with Gasteiger partial charge in [0, 0.05) is 58.4 Å². The molecule has 2 saturated heterocycles. The third-order valence-electron chi connectivity index (χ3n) is 6.06. The maximum Gasteiger partial charge on any atom is 0.0113 e. The zero-order chi connectivity index (χ0) is 19.2. The molecule has 2 heterocycles. The minimum atomic E-state index is 0.801. The van der Waals surface area contributed by atoms with E-state index in [4.69, 9.17) is 0 Å². The Morgan fingerprint density at radius 1 is 0.654 bits per heavy atom. The first kappa shape index (κ1) is 23.9. The first-order chi connectivity index (χ1) is 12.6. The van der Waals surface area contributed by atoms with Crippen molar-refractivity contribution in [3.05, 3.63) is 0 Å². The van der Waals surface area contributed by atoms with E-state index in [0.29, 0.717) is 0 Å². The van der Waals surface area contributed by atoms with Gasteiger partial charge in [-0.25, -0.2) is 0 Å². The van der Waals surface area contributed by atoms with Crippen molar-refractivity contribution in [3.8, 4) is 0 Å². The Balaban J connectivity index is 0.000000263. The van der Waals surface area contributed by atoms with Crippen LogP contribution >= 0.6 is 0 Å². The lowest BCUT2D eigenvalue weighted by Gasteiger charge is -2.36. The van der Waals surface area contributed by atoms with Gasteiger partial charge in [0.05, 0.1) is 0 Å². The second kappa shape index (κ2) is 14.8. The highest BCUT2D eigenvalue weighted by Crippen LogP contribution is 2.11. The van der Waals surface area contributed by atoms with Gasteiger partial charge in [0.1, 0.15) is 0 Å². The van der Waals surface area contributed by atoms with Crippen molar-refractivity contribution in [2.45, 2.75) is 71.8 Å². The van der Waals surface area contributed by atoms with Crippen molar-refractivity contribution in [3.63, 3.8) is 0 Å². The molecule has 4 nitrogen and oxygen atoms in total. The van der Waals surface area contributed by atoms with Gasteiger partial charge in [0.15, 0.2) is 0 Å². The summed E-state index contributed by atoms with van der Waals surface area (Å²) in [6.07, 6.45) is 9.66. The smallest absolute Gasteiger partial charge is 0.0113 e. The van der Waals surface area contributed by atoms with Gasteiger partial charge in [0.2, 0.25) is 0 Å². The molecule has 156 valence electrons. The molecule has 0 amide bonds. The van der Waals surface area contributed by atoms with Gasteiger partial charge in [-0.15, -0.1) is 0 Å². The van der Waals surface area contributed by atoms with Crippen LogP contribution in [0.2, 0.25) is 0 Å². The van der Waals surface area contributed by atoms with Gasteiger partial charge in [-0.3, -0.25) is 4.90 Å². The normalized spacial score (nSPS) is 22.0. The Bertz CT molecular complexity index is 307. The number of nitrogens with zero attached hydrogens (tertiary/aromatic N) is 4. The van der Waals surface area contributed by atoms with E-state index in [2.05, 4.69) is 54.5 Å². The molecule has 2 rings (SSSR count). The molecule has 0 N–H and O–H groups in total. The third kappa shape index (κ3) is 10.9. The molecular weight excluding hydrogens is 320 g/mol. The van der Waals surface area contributed by atoms with Gasteiger partial charge >= 0.3 is 0 Å². The number of piperazine rings is 2. The average molecular weight is 369 g/mol. The number of hydrogen-bond donors (Lipinski definition) is 0. The van der Waals surface area contributed by atoms with Crippen LogP contribution < -0.4 is 0 Å². The molecule has 0 aromatic rings. The van der Waals surface area contributed by atoms with Crippen LogP contribution in [0.4, 0.5) is 0 Å².